The van der Waals surface area contributed by atoms with Gasteiger partial charge >= 0.3 is 0 Å². The SMILES string of the molecule is Cc1cc(NC=C(C#N)c2nn[nH]n2)ccc1S(=O)(=O)O. The molecular formula is C11H10N6O3S. The lowest BCUT2D eigenvalue weighted by Crippen LogP contribution is -2.01. The highest BCUT2D eigenvalue weighted by atomic mass is 32.2. The first-order chi connectivity index (χ1) is 9.91. The van der Waals surface area contributed by atoms with E-state index in [1.807, 2.05) is 6.07 Å². The van der Waals surface area contributed by atoms with E-state index in [2.05, 4.69) is 25.9 Å². The van der Waals surface area contributed by atoms with Crippen LogP contribution in [0, 0.1) is 18.3 Å². The number of allylic oxidation sites excluding steroid dienone is 1. The molecule has 108 valence electrons. The van der Waals surface area contributed by atoms with Gasteiger partial charge in [-0.05, 0) is 35.9 Å². The third-order valence-corrected chi connectivity index (χ3v) is 3.56. The fourth-order valence-corrected chi connectivity index (χ4v) is 2.31. The summed E-state index contributed by atoms with van der Waals surface area (Å²) in [7, 11) is -4.25. The van der Waals surface area contributed by atoms with Crippen molar-refractivity contribution < 1.29 is 13.0 Å². The van der Waals surface area contributed by atoms with Crippen LogP contribution in [0.5, 0.6) is 0 Å². The van der Waals surface area contributed by atoms with Crippen molar-refractivity contribution in [1.82, 2.24) is 20.6 Å². The van der Waals surface area contributed by atoms with Crippen LogP contribution in [0.15, 0.2) is 29.3 Å². The van der Waals surface area contributed by atoms with Gasteiger partial charge in [0.1, 0.15) is 11.6 Å². The molecule has 0 bridgehead atoms. The summed E-state index contributed by atoms with van der Waals surface area (Å²) in [5, 5.41) is 24.7. The second-order valence-corrected chi connectivity index (χ2v) is 5.39. The van der Waals surface area contributed by atoms with Crippen molar-refractivity contribution in [2.24, 2.45) is 0 Å². The van der Waals surface area contributed by atoms with Crippen LogP contribution in [-0.2, 0) is 10.1 Å². The molecule has 9 nitrogen and oxygen atoms in total. The second kappa shape index (κ2) is 5.70. The van der Waals surface area contributed by atoms with Crippen LogP contribution in [0.1, 0.15) is 11.4 Å². The number of anilines is 1. The van der Waals surface area contributed by atoms with Crippen molar-refractivity contribution in [2.75, 3.05) is 5.32 Å². The van der Waals surface area contributed by atoms with Gasteiger partial charge in [-0.1, -0.05) is 0 Å². The average molecular weight is 306 g/mol. The van der Waals surface area contributed by atoms with E-state index < -0.39 is 10.1 Å². The molecule has 0 aliphatic carbocycles. The lowest BCUT2D eigenvalue weighted by atomic mass is 10.2. The maximum Gasteiger partial charge on any atom is 0.294 e. The van der Waals surface area contributed by atoms with E-state index in [0.29, 0.717) is 11.3 Å². The number of aryl methyl sites for hydroxylation is 1. The molecule has 1 heterocycles. The predicted molar refractivity (Wildman–Crippen MR) is 72.4 cm³/mol. The fourth-order valence-electron chi connectivity index (χ4n) is 1.61. The molecule has 0 aliphatic heterocycles. The number of hydrogen-bond acceptors (Lipinski definition) is 7. The van der Waals surface area contributed by atoms with E-state index in [1.54, 1.807) is 6.92 Å². The smallest absolute Gasteiger partial charge is 0.294 e. The van der Waals surface area contributed by atoms with E-state index in [9.17, 15) is 8.42 Å². The summed E-state index contributed by atoms with van der Waals surface area (Å²) in [4.78, 5) is -0.171. The van der Waals surface area contributed by atoms with Crippen LogP contribution in [-0.4, -0.2) is 33.6 Å². The number of nitrogens with zero attached hydrogens (tertiary/aromatic N) is 4. The van der Waals surface area contributed by atoms with Gasteiger partial charge in [-0.3, -0.25) is 4.55 Å². The van der Waals surface area contributed by atoms with Crippen LogP contribution >= 0.6 is 0 Å². The van der Waals surface area contributed by atoms with Crippen LogP contribution in [0.3, 0.4) is 0 Å². The molecule has 1 aromatic carbocycles. The Kier molecular flexibility index (Phi) is 3.97. The number of H-pyrrole nitrogens is 1. The molecule has 0 spiro atoms. The minimum Gasteiger partial charge on any atom is -0.360 e. The predicted octanol–water partition coefficient (Wildman–Crippen LogP) is 0.731. The Morgan fingerprint density at radius 2 is 2.29 bits per heavy atom. The lowest BCUT2D eigenvalue weighted by Gasteiger charge is -2.06. The van der Waals surface area contributed by atoms with E-state index in [1.165, 1.54) is 24.4 Å². The number of rotatable bonds is 4. The van der Waals surface area contributed by atoms with Crippen molar-refractivity contribution in [3.63, 3.8) is 0 Å². The van der Waals surface area contributed by atoms with Crippen molar-refractivity contribution in [3.8, 4) is 6.07 Å². The Morgan fingerprint density at radius 1 is 1.52 bits per heavy atom. The number of tetrazole rings is 1. The number of aromatic amines is 1. The van der Waals surface area contributed by atoms with Gasteiger partial charge in [0.15, 0.2) is 0 Å². The lowest BCUT2D eigenvalue weighted by molar-refractivity contribution is 0.482. The molecule has 21 heavy (non-hydrogen) atoms. The summed E-state index contributed by atoms with van der Waals surface area (Å²) in [5.74, 6) is 0.135. The van der Waals surface area contributed by atoms with E-state index in [-0.39, 0.29) is 16.3 Å². The summed E-state index contributed by atoms with van der Waals surface area (Å²) in [5.41, 5.74) is 1.06. The Labute approximate surface area is 120 Å². The molecule has 1 aromatic heterocycles. The van der Waals surface area contributed by atoms with Gasteiger partial charge in [-0.25, -0.2) is 0 Å². The quantitative estimate of drug-likeness (QED) is 0.553. The third kappa shape index (κ3) is 3.41. The van der Waals surface area contributed by atoms with Crippen LogP contribution in [0.2, 0.25) is 0 Å². The zero-order valence-electron chi connectivity index (χ0n) is 10.8. The van der Waals surface area contributed by atoms with Crippen LogP contribution in [0.25, 0.3) is 5.57 Å². The summed E-state index contributed by atoms with van der Waals surface area (Å²) in [6, 6.07) is 6.14. The van der Waals surface area contributed by atoms with Gasteiger partial charge < -0.3 is 5.32 Å². The molecule has 0 radical (unpaired) electrons. The van der Waals surface area contributed by atoms with Gasteiger partial charge in [0.2, 0.25) is 5.82 Å². The van der Waals surface area contributed by atoms with Crippen molar-refractivity contribution in [2.45, 2.75) is 11.8 Å². The number of hydrogen-bond donors (Lipinski definition) is 3. The summed E-state index contributed by atoms with van der Waals surface area (Å²) >= 11 is 0. The zero-order valence-corrected chi connectivity index (χ0v) is 11.6. The molecule has 0 unspecified atom stereocenters. The molecule has 0 saturated carbocycles. The van der Waals surface area contributed by atoms with E-state index >= 15 is 0 Å². The first-order valence-electron chi connectivity index (χ1n) is 5.60. The molecule has 0 atom stereocenters. The number of aromatic nitrogens is 4. The van der Waals surface area contributed by atoms with Gasteiger partial charge in [-0.15, -0.1) is 10.2 Å². The molecular weight excluding hydrogens is 296 g/mol. The maximum atomic E-state index is 11.1. The Morgan fingerprint density at radius 3 is 2.81 bits per heavy atom. The standard InChI is InChI=1S/C11H10N6O3S/c1-7-4-9(2-3-10(7)21(18,19)20)13-6-8(5-12)11-14-16-17-15-11/h2-4,6,13H,1H3,(H,18,19,20)(H,14,15,16,17). The first-order valence-corrected chi connectivity index (χ1v) is 7.04. The number of nitriles is 1. The molecule has 2 rings (SSSR count). The van der Waals surface area contributed by atoms with Crippen molar-refractivity contribution in [3.05, 3.63) is 35.8 Å². The zero-order chi connectivity index (χ0) is 15.5. The molecule has 0 amide bonds. The van der Waals surface area contributed by atoms with E-state index in [0.717, 1.165) is 0 Å². The fraction of sp³-hybridized carbons (Fsp3) is 0.0909. The number of nitrogens with one attached hydrogen (secondary N) is 2. The van der Waals surface area contributed by atoms with Gasteiger partial charge in [0.25, 0.3) is 10.1 Å². The normalized spacial score (nSPS) is 12.0. The third-order valence-electron chi connectivity index (χ3n) is 2.54. The van der Waals surface area contributed by atoms with Crippen LogP contribution in [0.4, 0.5) is 5.69 Å². The summed E-state index contributed by atoms with van der Waals surface area (Å²) < 4.78 is 31.2. The molecule has 2 aromatic rings. The molecule has 0 fully saturated rings. The highest BCUT2D eigenvalue weighted by Gasteiger charge is 2.13. The Bertz CT molecular complexity index is 820. The topological polar surface area (TPSA) is 145 Å². The molecule has 3 N–H and O–H groups in total. The Hall–Kier alpha value is -2.77. The highest BCUT2D eigenvalue weighted by molar-refractivity contribution is 7.85. The van der Waals surface area contributed by atoms with E-state index in [4.69, 9.17) is 9.81 Å². The van der Waals surface area contributed by atoms with Gasteiger partial charge in [0.05, 0.1) is 4.90 Å². The highest BCUT2D eigenvalue weighted by Crippen LogP contribution is 2.20. The summed E-state index contributed by atoms with van der Waals surface area (Å²) in [6.45, 7) is 1.54. The second-order valence-electron chi connectivity index (χ2n) is 4.00. The van der Waals surface area contributed by atoms with Crippen molar-refractivity contribution >= 4 is 21.4 Å². The van der Waals surface area contributed by atoms with Gasteiger partial charge in [0, 0.05) is 11.9 Å². The molecule has 10 heteroatoms. The first kappa shape index (κ1) is 14.6. The summed E-state index contributed by atoms with van der Waals surface area (Å²) in [6.07, 6.45) is 1.37. The Balaban J connectivity index is 2.25. The monoisotopic (exact) mass is 306 g/mol. The largest absolute Gasteiger partial charge is 0.360 e. The average Bonchev–Trinajstić information content (AvgIpc) is 2.92. The molecule has 0 saturated heterocycles. The van der Waals surface area contributed by atoms with Gasteiger partial charge in [-0.2, -0.15) is 18.9 Å². The minimum absolute atomic E-state index is 0.135. The number of benzene rings is 1. The molecule has 0 aliphatic rings. The van der Waals surface area contributed by atoms with Crippen molar-refractivity contribution in [1.29, 1.82) is 5.26 Å². The maximum absolute atomic E-state index is 11.1. The minimum atomic E-state index is -4.25. The van der Waals surface area contributed by atoms with Crippen LogP contribution < -0.4 is 5.32 Å².